The molecule has 0 saturated carbocycles. The molecule has 0 aliphatic carbocycles. The number of nitrogens with zero attached hydrogens (tertiary/aromatic N) is 1. The fourth-order valence-corrected chi connectivity index (χ4v) is 3.08. The zero-order valence-electron chi connectivity index (χ0n) is 15.4. The Morgan fingerprint density at radius 1 is 1.42 bits per heavy atom. The predicted octanol–water partition coefficient (Wildman–Crippen LogP) is 3.17. The molecule has 0 unspecified atom stereocenters. The summed E-state index contributed by atoms with van der Waals surface area (Å²) in [6.45, 7) is 5.90. The number of imide groups is 1. The van der Waals surface area contributed by atoms with Crippen molar-refractivity contribution in [3.05, 3.63) is 48.6 Å². The van der Waals surface area contributed by atoms with E-state index in [4.69, 9.17) is 14.2 Å². The van der Waals surface area contributed by atoms with Gasteiger partial charge in [-0.2, -0.15) is 0 Å². The molecule has 6 nitrogen and oxygen atoms in total. The van der Waals surface area contributed by atoms with Crippen LogP contribution < -0.4 is 0 Å². The van der Waals surface area contributed by atoms with Gasteiger partial charge in [0, 0.05) is 13.0 Å². The highest BCUT2D eigenvalue weighted by molar-refractivity contribution is 5.94. The third-order valence-electron chi connectivity index (χ3n) is 4.40. The quantitative estimate of drug-likeness (QED) is 0.473. The summed E-state index contributed by atoms with van der Waals surface area (Å²) in [6, 6.07) is 9.49. The lowest BCUT2D eigenvalue weighted by Gasteiger charge is -2.25. The number of hydrogen-bond acceptors (Lipinski definition) is 5. The number of methoxy groups -OCH3 is 1. The number of carbonyl (C=O) groups excluding carboxylic acids is 2. The van der Waals surface area contributed by atoms with E-state index in [0.717, 1.165) is 5.56 Å². The molecule has 26 heavy (non-hydrogen) atoms. The Morgan fingerprint density at radius 2 is 2.15 bits per heavy atom. The van der Waals surface area contributed by atoms with E-state index in [9.17, 15) is 9.59 Å². The maximum Gasteiger partial charge on any atom is 0.416 e. The molecule has 0 radical (unpaired) electrons. The molecule has 1 heterocycles. The first kappa shape index (κ1) is 20.1. The van der Waals surface area contributed by atoms with Crippen molar-refractivity contribution in [2.75, 3.05) is 20.5 Å². The van der Waals surface area contributed by atoms with Gasteiger partial charge in [-0.05, 0) is 24.8 Å². The summed E-state index contributed by atoms with van der Waals surface area (Å²) in [5.74, 6) is -0.607. The zero-order chi connectivity index (χ0) is 18.9. The van der Waals surface area contributed by atoms with E-state index >= 15 is 0 Å². The number of hydrogen-bond donors (Lipinski definition) is 0. The smallest absolute Gasteiger partial charge is 0.416 e. The number of cyclic esters (lactones) is 1. The molecule has 142 valence electrons. The van der Waals surface area contributed by atoms with Gasteiger partial charge in [-0.15, -0.1) is 6.58 Å². The molecule has 1 aliphatic rings. The third-order valence-corrected chi connectivity index (χ3v) is 4.40. The van der Waals surface area contributed by atoms with E-state index in [1.165, 1.54) is 4.90 Å². The number of carbonyl (C=O) groups is 2. The van der Waals surface area contributed by atoms with Crippen molar-refractivity contribution in [1.82, 2.24) is 4.90 Å². The van der Waals surface area contributed by atoms with Gasteiger partial charge in [0.15, 0.2) is 0 Å². The topological polar surface area (TPSA) is 65.1 Å². The fourth-order valence-electron chi connectivity index (χ4n) is 3.08. The molecular formula is C20H27NO5. The van der Waals surface area contributed by atoms with Crippen molar-refractivity contribution in [3.8, 4) is 0 Å². The standard InChI is InChI=1S/C20H27NO5/c1-4-8-18(26-14-24-3)11-15(2)19(22)21-17(13-25-20(21)23)12-16-9-6-5-7-10-16/h4-7,9-10,15,17-18H,1,8,11-14H2,2-3H3/t15-,17-,18-/m1/s1. The summed E-state index contributed by atoms with van der Waals surface area (Å²) in [7, 11) is 1.55. The predicted molar refractivity (Wildman–Crippen MR) is 97.5 cm³/mol. The van der Waals surface area contributed by atoms with Crippen LogP contribution in [0.4, 0.5) is 4.79 Å². The lowest BCUT2D eigenvalue weighted by molar-refractivity contribution is -0.135. The molecule has 0 bridgehead atoms. The highest BCUT2D eigenvalue weighted by Crippen LogP contribution is 2.23. The average Bonchev–Trinajstić information content (AvgIpc) is 3.00. The van der Waals surface area contributed by atoms with Crippen LogP contribution in [0.3, 0.4) is 0 Å². The fraction of sp³-hybridized carbons (Fsp3) is 0.500. The Kier molecular flexibility index (Phi) is 7.81. The second kappa shape index (κ2) is 10.1. The van der Waals surface area contributed by atoms with Crippen LogP contribution in [-0.2, 0) is 25.4 Å². The van der Waals surface area contributed by atoms with E-state index in [0.29, 0.717) is 19.3 Å². The molecule has 1 aliphatic heterocycles. The van der Waals surface area contributed by atoms with Crippen molar-refractivity contribution in [3.63, 3.8) is 0 Å². The molecule has 2 amide bonds. The van der Waals surface area contributed by atoms with Gasteiger partial charge in [0.1, 0.15) is 13.4 Å². The number of benzene rings is 1. The second-order valence-corrected chi connectivity index (χ2v) is 6.49. The molecule has 1 saturated heterocycles. The van der Waals surface area contributed by atoms with Crippen LogP contribution in [0, 0.1) is 5.92 Å². The Morgan fingerprint density at radius 3 is 2.81 bits per heavy atom. The highest BCUT2D eigenvalue weighted by atomic mass is 16.7. The van der Waals surface area contributed by atoms with Gasteiger partial charge in [-0.3, -0.25) is 4.79 Å². The van der Waals surface area contributed by atoms with Crippen LogP contribution in [0.25, 0.3) is 0 Å². The summed E-state index contributed by atoms with van der Waals surface area (Å²) >= 11 is 0. The van der Waals surface area contributed by atoms with Crippen molar-refractivity contribution in [2.24, 2.45) is 5.92 Å². The van der Waals surface area contributed by atoms with Crippen molar-refractivity contribution >= 4 is 12.0 Å². The maximum absolute atomic E-state index is 12.9. The Bertz CT molecular complexity index is 603. The SMILES string of the molecule is C=CC[C@H](C[C@@H](C)C(=O)N1C(=O)OC[C@H]1Cc1ccccc1)OCOC. The summed E-state index contributed by atoms with van der Waals surface area (Å²) in [6.07, 6.45) is 2.68. The van der Waals surface area contributed by atoms with Crippen LogP contribution in [0.15, 0.2) is 43.0 Å². The first-order valence-electron chi connectivity index (χ1n) is 8.82. The lowest BCUT2D eigenvalue weighted by atomic mass is 9.98. The van der Waals surface area contributed by atoms with Gasteiger partial charge in [0.2, 0.25) is 5.91 Å². The van der Waals surface area contributed by atoms with Crippen LogP contribution in [0.1, 0.15) is 25.3 Å². The minimum atomic E-state index is -0.569. The summed E-state index contributed by atoms with van der Waals surface area (Å²) in [4.78, 5) is 26.3. The molecule has 3 atom stereocenters. The molecule has 1 aromatic carbocycles. The van der Waals surface area contributed by atoms with Gasteiger partial charge in [0.05, 0.1) is 12.1 Å². The maximum atomic E-state index is 12.9. The summed E-state index contributed by atoms with van der Waals surface area (Å²) in [5, 5.41) is 0. The van der Waals surface area contributed by atoms with E-state index in [-0.39, 0.29) is 37.4 Å². The zero-order valence-corrected chi connectivity index (χ0v) is 15.4. The second-order valence-electron chi connectivity index (χ2n) is 6.49. The van der Waals surface area contributed by atoms with Gasteiger partial charge < -0.3 is 14.2 Å². The van der Waals surface area contributed by atoms with E-state index < -0.39 is 6.09 Å². The van der Waals surface area contributed by atoms with Crippen LogP contribution in [0.5, 0.6) is 0 Å². The summed E-state index contributed by atoms with van der Waals surface area (Å²) < 4.78 is 15.7. The monoisotopic (exact) mass is 361 g/mol. The number of amides is 2. The highest BCUT2D eigenvalue weighted by Gasteiger charge is 2.40. The summed E-state index contributed by atoms with van der Waals surface area (Å²) in [5.41, 5.74) is 1.06. The van der Waals surface area contributed by atoms with Crippen molar-refractivity contribution in [1.29, 1.82) is 0 Å². The molecule has 0 N–H and O–H groups in total. The number of ether oxygens (including phenoxy) is 3. The first-order valence-corrected chi connectivity index (χ1v) is 8.82. The molecule has 0 aromatic heterocycles. The molecule has 1 fully saturated rings. The Balaban J connectivity index is 2.01. The largest absolute Gasteiger partial charge is 0.447 e. The van der Waals surface area contributed by atoms with Crippen LogP contribution in [0.2, 0.25) is 0 Å². The number of rotatable bonds is 10. The van der Waals surface area contributed by atoms with Gasteiger partial charge >= 0.3 is 6.09 Å². The normalized spacial score (nSPS) is 19.1. The molecule has 2 rings (SSSR count). The Hall–Kier alpha value is -2.18. The Labute approximate surface area is 154 Å². The molecule has 6 heteroatoms. The van der Waals surface area contributed by atoms with E-state index in [1.54, 1.807) is 20.1 Å². The van der Waals surface area contributed by atoms with Crippen LogP contribution in [-0.4, -0.2) is 49.6 Å². The minimum Gasteiger partial charge on any atom is -0.447 e. The van der Waals surface area contributed by atoms with Gasteiger partial charge in [0.25, 0.3) is 0 Å². The van der Waals surface area contributed by atoms with E-state index in [2.05, 4.69) is 6.58 Å². The minimum absolute atomic E-state index is 0.155. The van der Waals surface area contributed by atoms with Crippen LogP contribution >= 0.6 is 0 Å². The molecule has 0 spiro atoms. The van der Waals surface area contributed by atoms with Crippen molar-refractivity contribution in [2.45, 2.75) is 38.3 Å². The van der Waals surface area contributed by atoms with E-state index in [1.807, 2.05) is 30.3 Å². The first-order chi connectivity index (χ1) is 12.6. The average molecular weight is 361 g/mol. The van der Waals surface area contributed by atoms with Crippen molar-refractivity contribution < 1.29 is 23.8 Å². The van der Waals surface area contributed by atoms with Gasteiger partial charge in [-0.25, -0.2) is 9.69 Å². The molecule has 1 aromatic rings. The third kappa shape index (κ3) is 5.41. The van der Waals surface area contributed by atoms with Gasteiger partial charge in [-0.1, -0.05) is 43.3 Å². The lowest BCUT2D eigenvalue weighted by Crippen LogP contribution is -2.43. The molecular weight excluding hydrogens is 334 g/mol.